The van der Waals surface area contributed by atoms with Gasteiger partial charge in [0.1, 0.15) is 18.1 Å². The zero-order valence-electron chi connectivity index (χ0n) is 12.2. The van der Waals surface area contributed by atoms with Crippen molar-refractivity contribution in [2.75, 3.05) is 7.11 Å². The van der Waals surface area contributed by atoms with E-state index in [9.17, 15) is 0 Å². The molecule has 4 nitrogen and oxygen atoms in total. The van der Waals surface area contributed by atoms with Gasteiger partial charge in [-0.2, -0.15) is 0 Å². The van der Waals surface area contributed by atoms with Crippen molar-refractivity contribution < 1.29 is 9.47 Å². The largest absolute Gasteiger partial charge is 0.497 e. The molecule has 1 heterocycles. The van der Waals surface area contributed by atoms with Crippen LogP contribution in [0.5, 0.6) is 11.5 Å². The number of ether oxygens (including phenoxy) is 2. The lowest BCUT2D eigenvalue weighted by atomic mass is 10.2. The van der Waals surface area contributed by atoms with Crippen molar-refractivity contribution >= 4 is 0 Å². The molecule has 0 saturated heterocycles. The van der Waals surface area contributed by atoms with Gasteiger partial charge in [-0.3, -0.25) is 4.98 Å². The highest BCUT2D eigenvalue weighted by molar-refractivity contribution is 5.28. The lowest BCUT2D eigenvalue weighted by Gasteiger charge is -2.08. The number of nitrogens with one attached hydrogen (secondary N) is 1. The van der Waals surface area contributed by atoms with E-state index in [1.54, 1.807) is 13.3 Å². The Morgan fingerprint density at radius 1 is 1.19 bits per heavy atom. The topological polar surface area (TPSA) is 43.4 Å². The molecule has 2 aromatic rings. The maximum atomic E-state index is 5.75. The van der Waals surface area contributed by atoms with Gasteiger partial charge in [0.15, 0.2) is 0 Å². The standard InChI is InChI=1S/C17H20N2O2/c1-20-16-4-2-3-13(9-16)12-21-17-8-7-15(19-11-17)10-18-14-5-6-14/h2-4,7-9,11,14,18H,5-6,10,12H2,1H3. The van der Waals surface area contributed by atoms with Crippen LogP contribution in [0.4, 0.5) is 0 Å². The first-order valence-electron chi connectivity index (χ1n) is 7.27. The first-order chi connectivity index (χ1) is 10.3. The summed E-state index contributed by atoms with van der Waals surface area (Å²) in [5.74, 6) is 1.63. The van der Waals surface area contributed by atoms with E-state index in [0.717, 1.165) is 29.3 Å². The highest BCUT2D eigenvalue weighted by atomic mass is 16.5. The van der Waals surface area contributed by atoms with Crippen LogP contribution < -0.4 is 14.8 Å². The summed E-state index contributed by atoms with van der Waals surface area (Å²) in [4.78, 5) is 4.41. The van der Waals surface area contributed by atoms with Crippen LogP contribution in [0.1, 0.15) is 24.1 Å². The van der Waals surface area contributed by atoms with Crippen molar-refractivity contribution in [3.63, 3.8) is 0 Å². The fourth-order valence-corrected chi connectivity index (χ4v) is 2.07. The third-order valence-electron chi connectivity index (χ3n) is 3.49. The molecule has 1 aliphatic carbocycles. The number of nitrogens with zero attached hydrogens (tertiary/aromatic N) is 1. The molecule has 0 atom stereocenters. The molecule has 21 heavy (non-hydrogen) atoms. The molecule has 1 N–H and O–H groups in total. The molecule has 1 aliphatic rings. The SMILES string of the molecule is COc1cccc(COc2ccc(CNC3CC3)nc2)c1. The maximum absolute atomic E-state index is 5.75. The second-order valence-corrected chi connectivity index (χ2v) is 5.28. The van der Waals surface area contributed by atoms with Gasteiger partial charge in [-0.25, -0.2) is 0 Å². The summed E-state index contributed by atoms with van der Waals surface area (Å²) in [6.07, 6.45) is 4.37. The van der Waals surface area contributed by atoms with Crippen LogP contribution in [0, 0.1) is 0 Å². The Morgan fingerprint density at radius 3 is 2.81 bits per heavy atom. The summed E-state index contributed by atoms with van der Waals surface area (Å²) < 4.78 is 10.9. The van der Waals surface area contributed by atoms with Crippen molar-refractivity contribution in [1.82, 2.24) is 10.3 Å². The van der Waals surface area contributed by atoms with Crippen molar-refractivity contribution in [1.29, 1.82) is 0 Å². The first kappa shape index (κ1) is 13.9. The van der Waals surface area contributed by atoms with Gasteiger partial charge >= 0.3 is 0 Å². The Hall–Kier alpha value is -2.07. The van der Waals surface area contributed by atoms with Gasteiger partial charge in [-0.05, 0) is 42.7 Å². The second-order valence-electron chi connectivity index (χ2n) is 5.28. The minimum Gasteiger partial charge on any atom is -0.497 e. The van der Waals surface area contributed by atoms with E-state index in [-0.39, 0.29) is 0 Å². The third kappa shape index (κ3) is 4.20. The monoisotopic (exact) mass is 284 g/mol. The molecule has 0 amide bonds. The number of pyridine rings is 1. The minimum absolute atomic E-state index is 0.512. The maximum Gasteiger partial charge on any atom is 0.138 e. The van der Waals surface area contributed by atoms with E-state index in [2.05, 4.69) is 10.3 Å². The normalized spacial score (nSPS) is 14.0. The molecule has 110 valence electrons. The molecule has 0 spiro atoms. The molecule has 1 saturated carbocycles. The van der Waals surface area contributed by atoms with Crippen LogP contribution in [0.15, 0.2) is 42.6 Å². The van der Waals surface area contributed by atoms with Crippen molar-refractivity contribution in [3.8, 4) is 11.5 Å². The van der Waals surface area contributed by atoms with Crippen LogP contribution in [0.3, 0.4) is 0 Å². The molecule has 1 aromatic carbocycles. The fraction of sp³-hybridized carbons (Fsp3) is 0.353. The molecule has 0 aliphatic heterocycles. The summed E-state index contributed by atoms with van der Waals surface area (Å²) >= 11 is 0. The number of methoxy groups -OCH3 is 1. The number of hydrogen-bond donors (Lipinski definition) is 1. The van der Waals surface area contributed by atoms with Gasteiger partial charge in [0.25, 0.3) is 0 Å². The van der Waals surface area contributed by atoms with Crippen LogP contribution in [0.2, 0.25) is 0 Å². The highest BCUT2D eigenvalue weighted by Crippen LogP contribution is 2.19. The molecule has 4 heteroatoms. The molecule has 1 fully saturated rings. The van der Waals surface area contributed by atoms with Gasteiger partial charge in [0.2, 0.25) is 0 Å². The van der Waals surface area contributed by atoms with E-state index in [1.165, 1.54) is 12.8 Å². The lowest BCUT2D eigenvalue weighted by Crippen LogP contribution is -2.16. The molecule has 1 aromatic heterocycles. The number of aromatic nitrogens is 1. The third-order valence-corrected chi connectivity index (χ3v) is 3.49. The lowest BCUT2D eigenvalue weighted by molar-refractivity contribution is 0.303. The zero-order chi connectivity index (χ0) is 14.5. The van der Waals surface area contributed by atoms with Gasteiger partial charge in [0.05, 0.1) is 19.0 Å². The molecule has 0 radical (unpaired) electrons. The van der Waals surface area contributed by atoms with Crippen LogP contribution in [-0.2, 0) is 13.2 Å². The molecular weight excluding hydrogens is 264 g/mol. The minimum atomic E-state index is 0.512. The quantitative estimate of drug-likeness (QED) is 0.849. The average Bonchev–Trinajstić information content (AvgIpc) is 3.36. The first-order valence-corrected chi connectivity index (χ1v) is 7.27. The highest BCUT2D eigenvalue weighted by Gasteiger charge is 2.19. The van der Waals surface area contributed by atoms with Crippen LogP contribution in [0.25, 0.3) is 0 Å². The number of hydrogen-bond acceptors (Lipinski definition) is 4. The summed E-state index contributed by atoms with van der Waals surface area (Å²) in [6.45, 7) is 1.35. The number of rotatable bonds is 7. The summed E-state index contributed by atoms with van der Waals surface area (Å²) in [6, 6.07) is 12.6. The predicted molar refractivity (Wildman–Crippen MR) is 81.4 cm³/mol. The van der Waals surface area contributed by atoms with Crippen molar-refractivity contribution in [2.24, 2.45) is 0 Å². The van der Waals surface area contributed by atoms with E-state index in [0.29, 0.717) is 12.6 Å². The van der Waals surface area contributed by atoms with Crippen LogP contribution >= 0.6 is 0 Å². The summed E-state index contributed by atoms with van der Waals surface area (Å²) in [5, 5.41) is 3.45. The molecule has 0 bridgehead atoms. The predicted octanol–water partition coefficient (Wildman–Crippen LogP) is 2.92. The Labute approximate surface area is 125 Å². The van der Waals surface area contributed by atoms with E-state index in [4.69, 9.17) is 9.47 Å². The molecule has 3 rings (SSSR count). The Balaban J connectivity index is 1.52. The van der Waals surface area contributed by atoms with Crippen LogP contribution in [-0.4, -0.2) is 18.1 Å². The molecule has 0 unspecified atom stereocenters. The van der Waals surface area contributed by atoms with Crippen molar-refractivity contribution in [2.45, 2.75) is 32.0 Å². The average molecular weight is 284 g/mol. The Kier molecular flexibility index (Phi) is 4.36. The zero-order valence-corrected chi connectivity index (χ0v) is 12.2. The molecular formula is C17H20N2O2. The van der Waals surface area contributed by atoms with Gasteiger partial charge in [0, 0.05) is 12.6 Å². The smallest absolute Gasteiger partial charge is 0.138 e. The van der Waals surface area contributed by atoms with Gasteiger partial charge < -0.3 is 14.8 Å². The number of benzene rings is 1. The summed E-state index contributed by atoms with van der Waals surface area (Å²) in [5.41, 5.74) is 2.13. The van der Waals surface area contributed by atoms with Crippen molar-refractivity contribution in [3.05, 3.63) is 53.9 Å². The van der Waals surface area contributed by atoms with Gasteiger partial charge in [-0.1, -0.05) is 12.1 Å². The summed E-state index contributed by atoms with van der Waals surface area (Å²) in [7, 11) is 1.66. The van der Waals surface area contributed by atoms with Gasteiger partial charge in [-0.15, -0.1) is 0 Å². The Bertz CT molecular complexity index is 580. The fourth-order valence-electron chi connectivity index (χ4n) is 2.07. The van der Waals surface area contributed by atoms with E-state index in [1.807, 2.05) is 36.4 Å². The van der Waals surface area contributed by atoms with E-state index < -0.39 is 0 Å². The Morgan fingerprint density at radius 2 is 2.10 bits per heavy atom. The second kappa shape index (κ2) is 6.59. The van der Waals surface area contributed by atoms with E-state index >= 15 is 0 Å².